The molecule has 0 bridgehead atoms. The summed E-state index contributed by atoms with van der Waals surface area (Å²) in [5, 5.41) is 2.81. The van der Waals surface area contributed by atoms with E-state index in [9.17, 15) is 22.4 Å². The Morgan fingerprint density at radius 2 is 1.56 bits per heavy atom. The van der Waals surface area contributed by atoms with Gasteiger partial charge in [-0.15, -0.1) is 0 Å². The molecule has 1 atom stereocenters. The zero-order valence-corrected chi connectivity index (χ0v) is 25.2. The fourth-order valence-electron chi connectivity index (χ4n) is 4.62. The number of amides is 2. The van der Waals surface area contributed by atoms with Gasteiger partial charge in [0, 0.05) is 30.6 Å². The molecule has 0 aliphatic heterocycles. The van der Waals surface area contributed by atoms with Crippen LogP contribution < -0.4 is 14.4 Å². The molecule has 0 radical (unpaired) electrons. The van der Waals surface area contributed by atoms with Crippen LogP contribution in [0.4, 0.5) is 10.1 Å². The number of hydrogen-bond donors (Lipinski definition) is 1. The largest absolute Gasteiger partial charge is 0.495 e. The van der Waals surface area contributed by atoms with Gasteiger partial charge in [0.15, 0.2) is 0 Å². The molecule has 43 heavy (non-hydrogen) atoms. The van der Waals surface area contributed by atoms with Gasteiger partial charge in [0.25, 0.3) is 10.0 Å². The molecule has 4 aromatic rings. The molecule has 1 N–H and O–H groups in total. The van der Waals surface area contributed by atoms with Crippen LogP contribution in [0, 0.1) is 5.82 Å². The van der Waals surface area contributed by atoms with Crippen LogP contribution in [0.2, 0.25) is 5.02 Å². The van der Waals surface area contributed by atoms with Gasteiger partial charge in [-0.1, -0.05) is 78.3 Å². The third kappa shape index (κ3) is 7.52. The van der Waals surface area contributed by atoms with E-state index in [1.807, 2.05) is 18.2 Å². The van der Waals surface area contributed by atoms with Crippen LogP contribution in [-0.4, -0.2) is 51.9 Å². The molecular formula is C32H31ClFN3O5S. The van der Waals surface area contributed by atoms with Crippen LogP contribution in [0.5, 0.6) is 5.75 Å². The Morgan fingerprint density at radius 1 is 0.930 bits per heavy atom. The van der Waals surface area contributed by atoms with E-state index in [2.05, 4.69) is 5.32 Å². The molecule has 11 heteroatoms. The van der Waals surface area contributed by atoms with Crippen molar-refractivity contribution in [3.05, 3.63) is 125 Å². The fraction of sp³-hybridized carbons (Fsp3) is 0.188. The Bertz CT molecular complexity index is 1670. The number of anilines is 1. The highest BCUT2D eigenvalue weighted by Crippen LogP contribution is 2.35. The van der Waals surface area contributed by atoms with Crippen molar-refractivity contribution < 1.29 is 27.1 Å². The fourth-order valence-corrected chi connectivity index (χ4v) is 6.23. The molecule has 224 valence electrons. The number of methoxy groups -OCH3 is 1. The molecule has 0 aliphatic rings. The molecule has 0 unspecified atom stereocenters. The summed E-state index contributed by atoms with van der Waals surface area (Å²) in [4.78, 5) is 28.7. The lowest BCUT2D eigenvalue weighted by Crippen LogP contribution is -2.53. The SMILES string of the molecule is CNC(=O)[C@H](Cc1ccccc1)N(Cc1ccccc1F)C(=O)CN(c1cc(Cl)ccc1OC)S(=O)(=O)c1ccccc1. The summed E-state index contributed by atoms with van der Waals surface area (Å²) < 4.78 is 49.3. The minimum atomic E-state index is -4.35. The number of rotatable bonds is 12. The van der Waals surface area contributed by atoms with Gasteiger partial charge in [0.2, 0.25) is 11.8 Å². The van der Waals surface area contributed by atoms with E-state index in [-0.39, 0.29) is 39.9 Å². The van der Waals surface area contributed by atoms with Gasteiger partial charge < -0.3 is 15.0 Å². The summed E-state index contributed by atoms with van der Waals surface area (Å²) >= 11 is 6.27. The van der Waals surface area contributed by atoms with Crippen LogP contribution in [0.1, 0.15) is 11.1 Å². The molecule has 4 aromatic carbocycles. The van der Waals surface area contributed by atoms with Crippen molar-refractivity contribution in [3.8, 4) is 5.75 Å². The molecule has 0 heterocycles. The summed E-state index contributed by atoms with van der Waals surface area (Å²) in [6.07, 6.45) is 0.104. The smallest absolute Gasteiger partial charge is 0.264 e. The second-order valence-corrected chi connectivity index (χ2v) is 11.9. The molecule has 2 amide bonds. The first-order valence-corrected chi connectivity index (χ1v) is 15.2. The van der Waals surface area contributed by atoms with Crippen molar-refractivity contribution in [2.24, 2.45) is 0 Å². The number of ether oxygens (including phenoxy) is 1. The number of benzene rings is 4. The molecular weight excluding hydrogens is 593 g/mol. The quantitative estimate of drug-likeness (QED) is 0.238. The third-order valence-corrected chi connectivity index (χ3v) is 8.84. The summed E-state index contributed by atoms with van der Waals surface area (Å²) in [7, 11) is -1.54. The summed E-state index contributed by atoms with van der Waals surface area (Å²) in [5.41, 5.74) is 0.945. The van der Waals surface area contributed by atoms with E-state index in [0.29, 0.717) is 0 Å². The van der Waals surface area contributed by atoms with Crippen molar-refractivity contribution in [1.82, 2.24) is 10.2 Å². The minimum absolute atomic E-state index is 0.0256. The maximum absolute atomic E-state index is 14.9. The number of sulfonamides is 1. The molecule has 0 saturated heterocycles. The van der Waals surface area contributed by atoms with Crippen LogP contribution in [0.25, 0.3) is 0 Å². The zero-order valence-electron chi connectivity index (χ0n) is 23.6. The minimum Gasteiger partial charge on any atom is -0.495 e. The van der Waals surface area contributed by atoms with Gasteiger partial charge in [0.05, 0.1) is 17.7 Å². The Balaban J connectivity index is 1.84. The van der Waals surface area contributed by atoms with E-state index in [1.165, 1.54) is 67.6 Å². The van der Waals surface area contributed by atoms with E-state index in [4.69, 9.17) is 16.3 Å². The molecule has 4 rings (SSSR count). The molecule has 0 saturated carbocycles. The maximum atomic E-state index is 14.9. The number of halogens is 2. The first-order chi connectivity index (χ1) is 20.6. The number of carbonyl (C=O) groups is 2. The van der Waals surface area contributed by atoms with Gasteiger partial charge in [-0.25, -0.2) is 12.8 Å². The first-order valence-electron chi connectivity index (χ1n) is 13.4. The highest BCUT2D eigenvalue weighted by Gasteiger charge is 2.35. The van der Waals surface area contributed by atoms with Crippen molar-refractivity contribution >= 4 is 39.1 Å². The van der Waals surface area contributed by atoms with Gasteiger partial charge in [-0.05, 0) is 42.0 Å². The number of nitrogens with zero attached hydrogens (tertiary/aromatic N) is 2. The molecule has 0 aliphatic carbocycles. The molecule has 0 spiro atoms. The predicted molar refractivity (Wildman–Crippen MR) is 164 cm³/mol. The standard InChI is InChI=1S/C32H31ClFN3O5S/c1-35-32(39)29(19-23-11-5-3-6-12-23)36(21-24-13-9-10-16-27(24)34)31(38)22-37(28-20-25(33)17-18-30(28)42-2)43(40,41)26-14-7-4-8-15-26/h3-18,20,29H,19,21-22H2,1-2H3,(H,35,39)/t29-/m0/s1. The molecule has 0 fully saturated rings. The van der Waals surface area contributed by atoms with Crippen LogP contribution in [-0.2, 0) is 32.6 Å². The van der Waals surface area contributed by atoms with Gasteiger partial charge in [0.1, 0.15) is 24.2 Å². The number of nitrogens with one attached hydrogen (secondary N) is 1. The Hall–Kier alpha value is -4.41. The van der Waals surface area contributed by atoms with E-state index in [0.717, 1.165) is 9.87 Å². The second kappa shape index (κ2) is 14.2. The van der Waals surface area contributed by atoms with Gasteiger partial charge in [-0.2, -0.15) is 0 Å². The monoisotopic (exact) mass is 623 g/mol. The number of hydrogen-bond acceptors (Lipinski definition) is 5. The Labute approximate surface area is 255 Å². The number of carbonyl (C=O) groups excluding carboxylic acids is 2. The van der Waals surface area contributed by atoms with Crippen molar-refractivity contribution in [1.29, 1.82) is 0 Å². The average Bonchev–Trinajstić information content (AvgIpc) is 3.02. The van der Waals surface area contributed by atoms with Crippen molar-refractivity contribution in [2.75, 3.05) is 25.0 Å². The van der Waals surface area contributed by atoms with Gasteiger partial charge >= 0.3 is 0 Å². The van der Waals surface area contributed by atoms with Gasteiger partial charge in [-0.3, -0.25) is 13.9 Å². The number of likely N-dealkylation sites (N-methyl/N-ethyl adjacent to an activating group) is 1. The van der Waals surface area contributed by atoms with E-state index >= 15 is 0 Å². The zero-order chi connectivity index (χ0) is 31.0. The van der Waals surface area contributed by atoms with Crippen molar-refractivity contribution in [3.63, 3.8) is 0 Å². The van der Waals surface area contributed by atoms with Crippen LogP contribution >= 0.6 is 11.6 Å². The molecule has 8 nitrogen and oxygen atoms in total. The lowest BCUT2D eigenvalue weighted by Gasteiger charge is -2.34. The lowest BCUT2D eigenvalue weighted by molar-refractivity contribution is -0.139. The van der Waals surface area contributed by atoms with Crippen LogP contribution in [0.3, 0.4) is 0 Å². The Morgan fingerprint density at radius 3 is 2.19 bits per heavy atom. The predicted octanol–water partition coefficient (Wildman–Crippen LogP) is 5.07. The second-order valence-electron chi connectivity index (χ2n) is 9.57. The lowest BCUT2D eigenvalue weighted by atomic mass is 10.0. The summed E-state index contributed by atoms with van der Waals surface area (Å²) in [6, 6.07) is 25.9. The van der Waals surface area contributed by atoms with Crippen molar-refractivity contribution in [2.45, 2.75) is 23.9 Å². The Kier molecular flexibility index (Phi) is 10.4. The van der Waals surface area contributed by atoms with E-state index in [1.54, 1.807) is 36.4 Å². The maximum Gasteiger partial charge on any atom is 0.264 e. The summed E-state index contributed by atoms with van der Waals surface area (Å²) in [6.45, 7) is -1.02. The highest BCUT2D eigenvalue weighted by molar-refractivity contribution is 7.92. The van der Waals surface area contributed by atoms with E-state index < -0.39 is 40.2 Å². The third-order valence-electron chi connectivity index (χ3n) is 6.84. The van der Waals surface area contributed by atoms with Crippen LogP contribution in [0.15, 0.2) is 108 Å². The topological polar surface area (TPSA) is 96.0 Å². The first kappa shape index (κ1) is 31.5. The average molecular weight is 624 g/mol. The highest BCUT2D eigenvalue weighted by atomic mass is 35.5. The molecule has 0 aromatic heterocycles. The normalized spacial score (nSPS) is 11.8. The summed E-state index contributed by atoms with van der Waals surface area (Å²) in [5.74, 6) is -1.65.